The lowest BCUT2D eigenvalue weighted by atomic mass is 10.1. The Balaban J connectivity index is 1.48. The fourth-order valence-electron chi connectivity index (χ4n) is 3.61. The number of nitrogens with one attached hydrogen (secondary N) is 3. The Morgan fingerprint density at radius 1 is 0.944 bits per heavy atom. The fourth-order valence-corrected chi connectivity index (χ4v) is 3.61. The smallest absolute Gasteiger partial charge is 0.257 e. The van der Waals surface area contributed by atoms with Crippen molar-refractivity contribution in [1.82, 2.24) is 15.0 Å². The van der Waals surface area contributed by atoms with Crippen LogP contribution in [0, 0.1) is 0 Å². The Hall–Kier alpha value is -4.79. The van der Waals surface area contributed by atoms with Crippen LogP contribution in [0.3, 0.4) is 0 Å². The highest BCUT2D eigenvalue weighted by molar-refractivity contribution is 6.04. The number of rotatable bonds is 8. The number of aromatic nitrogens is 3. The second-order valence-electron chi connectivity index (χ2n) is 8.07. The molecule has 0 saturated heterocycles. The number of methoxy groups -OCH3 is 1. The van der Waals surface area contributed by atoms with Crippen LogP contribution in [-0.2, 0) is 4.79 Å². The predicted molar refractivity (Wildman–Crippen MR) is 139 cm³/mol. The average Bonchev–Trinajstić information content (AvgIpc) is 2.89. The van der Waals surface area contributed by atoms with E-state index in [4.69, 9.17) is 9.72 Å². The maximum atomic E-state index is 12.5. The van der Waals surface area contributed by atoms with Gasteiger partial charge in [-0.25, -0.2) is 4.98 Å². The Bertz CT molecular complexity index is 1380. The van der Waals surface area contributed by atoms with Crippen molar-refractivity contribution in [2.24, 2.45) is 0 Å². The summed E-state index contributed by atoms with van der Waals surface area (Å²) in [4.78, 5) is 36.9. The van der Waals surface area contributed by atoms with Crippen LogP contribution in [0.15, 0.2) is 79.4 Å². The third kappa shape index (κ3) is 6.01. The summed E-state index contributed by atoms with van der Waals surface area (Å²) < 4.78 is 5.42. The normalized spacial score (nSPS) is 11.3. The Morgan fingerprint density at radius 3 is 2.56 bits per heavy atom. The topological polar surface area (TPSA) is 118 Å². The lowest BCUT2D eigenvalue weighted by molar-refractivity contribution is -0.114. The first kappa shape index (κ1) is 24.3. The van der Waals surface area contributed by atoms with Crippen LogP contribution in [0.2, 0.25) is 0 Å². The second kappa shape index (κ2) is 11.1. The van der Waals surface area contributed by atoms with Crippen LogP contribution >= 0.6 is 0 Å². The molecule has 0 bridgehead atoms. The van der Waals surface area contributed by atoms with Crippen LogP contribution < -0.4 is 20.7 Å². The van der Waals surface area contributed by atoms with Crippen molar-refractivity contribution in [3.63, 3.8) is 0 Å². The van der Waals surface area contributed by atoms with E-state index in [9.17, 15) is 9.59 Å². The number of ether oxygens (including phenoxy) is 1. The summed E-state index contributed by atoms with van der Waals surface area (Å²) in [7, 11) is 1.54. The first-order chi connectivity index (χ1) is 17.4. The summed E-state index contributed by atoms with van der Waals surface area (Å²) in [5.41, 5.74) is 4.17. The largest absolute Gasteiger partial charge is 0.495 e. The van der Waals surface area contributed by atoms with Crippen molar-refractivity contribution in [2.75, 3.05) is 23.1 Å². The van der Waals surface area contributed by atoms with E-state index in [1.54, 1.807) is 50.0 Å². The third-order valence-electron chi connectivity index (χ3n) is 5.38. The molecule has 182 valence electrons. The molecule has 0 spiro atoms. The van der Waals surface area contributed by atoms with Crippen molar-refractivity contribution >= 4 is 29.0 Å². The zero-order valence-corrected chi connectivity index (χ0v) is 20.1. The van der Waals surface area contributed by atoms with E-state index in [-0.39, 0.29) is 17.9 Å². The van der Waals surface area contributed by atoms with Gasteiger partial charge in [-0.2, -0.15) is 0 Å². The molecule has 4 rings (SSSR count). The molecule has 0 aliphatic rings. The molecule has 3 N–H and O–H groups in total. The molecule has 2 aromatic carbocycles. The number of hydrogen-bond donors (Lipinski definition) is 3. The number of amides is 2. The van der Waals surface area contributed by atoms with Gasteiger partial charge in [0.25, 0.3) is 5.91 Å². The number of pyridine rings is 1. The molecular weight excluding hydrogens is 456 g/mol. The lowest BCUT2D eigenvalue weighted by Crippen LogP contribution is -2.13. The highest BCUT2D eigenvalue weighted by Crippen LogP contribution is 2.30. The predicted octanol–water partition coefficient (Wildman–Crippen LogP) is 4.93. The van der Waals surface area contributed by atoms with Crippen molar-refractivity contribution in [2.45, 2.75) is 19.9 Å². The number of benzene rings is 2. The van der Waals surface area contributed by atoms with Crippen molar-refractivity contribution in [3.8, 4) is 17.0 Å². The minimum atomic E-state index is -0.223. The first-order valence-electron chi connectivity index (χ1n) is 11.3. The molecule has 0 unspecified atom stereocenters. The second-order valence-corrected chi connectivity index (χ2v) is 8.07. The summed E-state index contributed by atoms with van der Waals surface area (Å²) in [5, 5.41) is 9.01. The molecule has 2 aromatic heterocycles. The molecule has 1 atom stereocenters. The maximum Gasteiger partial charge on any atom is 0.257 e. The lowest BCUT2D eigenvalue weighted by Gasteiger charge is -2.17. The number of carbonyl (C=O) groups is 2. The van der Waals surface area contributed by atoms with Gasteiger partial charge < -0.3 is 20.7 Å². The number of carbonyl (C=O) groups excluding carboxylic acids is 2. The van der Waals surface area contributed by atoms with Gasteiger partial charge in [-0.1, -0.05) is 18.2 Å². The number of anilines is 3. The van der Waals surface area contributed by atoms with Gasteiger partial charge in [0.1, 0.15) is 11.6 Å². The molecule has 0 saturated carbocycles. The van der Waals surface area contributed by atoms with Gasteiger partial charge in [-0.3, -0.25) is 19.6 Å². The summed E-state index contributed by atoms with van der Waals surface area (Å²) >= 11 is 0. The third-order valence-corrected chi connectivity index (χ3v) is 5.38. The van der Waals surface area contributed by atoms with E-state index in [2.05, 4.69) is 25.9 Å². The van der Waals surface area contributed by atoms with Crippen LogP contribution in [0.25, 0.3) is 11.3 Å². The summed E-state index contributed by atoms with van der Waals surface area (Å²) in [6.07, 6.45) is 6.46. The molecule has 36 heavy (non-hydrogen) atoms. The van der Waals surface area contributed by atoms with Gasteiger partial charge in [0.2, 0.25) is 5.91 Å². The Labute approximate surface area is 209 Å². The van der Waals surface area contributed by atoms with Gasteiger partial charge in [0, 0.05) is 30.6 Å². The minimum Gasteiger partial charge on any atom is -0.495 e. The van der Waals surface area contributed by atoms with Crippen LogP contribution in [0.4, 0.5) is 17.2 Å². The molecule has 4 aromatic rings. The zero-order valence-electron chi connectivity index (χ0n) is 20.1. The van der Waals surface area contributed by atoms with Crippen LogP contribution in [0.1, 0.15) is 35.8 Å². The summed E-state index contributed by atoms with van der Waals surface area (Å²) in [6.45, 7) is 3.45. The van der Waals surface area contributed by atoms with Gasteiger partial charge in [0.15, 0.2) is 0 Å². The Morgan fingerprint density at radius 2 is 1.81 bits per heavy atom. The molecule has 0 radical (unpaired) electrons. The van der Waals surface area contributed by atoms with E-state index in [0.717, 1.165) is 11.1 Å². The fraction of sp³-hybridized carbons (Fsp3) is 0.148. The summed E-state index contributed by atoms with van der Waals surface area (Å²) in [5.74, 6) is 0.720. The van der Waals surface area contributed by atoms with Gasteiger partial charge >= 0.3 is 0 Å². The minimum absolute atomic E-state index is 0.110. The average molecular weight is 483 g/mol. The Kier molecular flexibility index (Phi) is 7.50. The van der Waals surface area contributed by atoms with Gasteiger partial charge in [-0.15, -0.1) is 0 Å². The van der Waals surface area contributed by atoms with E-state index in [0.29, 0.717) is 34.2 Å². The van der Waals surface area contributed by atoms with Gasteiger partial charge in [0.05, 0.1) is 42.5 Å². The van der Waals surface area contributed by atoms with Crippen LogP contribution in [-0.4, -0.2) is 33.9 Å². The summed E-state index contributed by atoms with van der Waals surface area (Å²) in [6, 6.07) is 16.4. The van der Waals surface area contributed by atoms with E-state index < -0.39 is 0 Å². The van der Waals surface area contributed by atoms with E-state index in [1.807, 2.05) is 37.3 Å². The van der Waals surface area contributed by atoms with E-state index >= 15 is 0 Å². The highest BCUT2D eigenvalue weighted by atomic mass is 16.5. The number of hydrogen-bond acceptors (Lipinski definition) is 7. The molecule has 0 aliphatic heterocycles. The first-order valence-corrected chi connectivity index (χ1v) is 11.3. The molecule has 9 heteroatoms. The van der Waals surface area contributed by atoms with Crippen molar-refractivity contribution in [3.05, 3.63) is 90.5 Å². The molecular formula is C27H26N6O3. The van der Waals surface area contributed by atoms with Gasteiger partial charge in [-0.05, 0) is 48.9 Å². The monoisotopic (exact) mass is 482 g/mol. The maximum absolute atomic E-state index is 12.5. The molecule has 2 amide bonds. The quantitative estimate of drug-likeness (QED) is 0.326. The zero-order chi connectivity index (χ0) is 25.5. The van der Waals surface area contributed by atoms with E-state index in [1.165, 1.54) is 13.1 Å². The standard InChI is InChI=1S/C27H26N6O3/c1-17(19-6-4-8-22(12-19)32-27(35)21-7-5-11-28-14-21)30-26-16-29-15-24(33-26)20-9-10-23(31-18(2)34)25(13-20)36-3/h4-17H,1-3H3,(H,30,33)(H,31,34)(H,32,35)/t17-/m0/s1. The number of nitrogens with zero attached hydrogens (tertiary/aromatic N) is 3. The van der Waals surface area contributed by atoms with Crippen molar-refractivity contribution < 1.29 is 14.3 Å². The van der Waals surface area contributed by atoms with Crippen molar-refractivity contribution in [1.29, 1.82) is 0 Å². The molecule has 9 nitrogen and oxygen atoms in total. The van der Waals surface area contributed by atoms with Crippen LogP contribution in [0.5, 0.6) is 5.75 Å². The molecule has 0 fully saturated rings. The molecule has 0 aliphatic carbocycles. The SMILES string of the molecule is COc1cc(-c2cncc(N[C@@H](C)c3cccc(NC(=O)c4cccnc4)c3)n2)ccc1NC(C)=O. The molecule has 2 heterocycles. The highest BCUT2D eigenvalue weighted by Gasteiger charge is 2.12.